The topological polar surface area (TPSA) is 64.7 Å². The van der Waals surface area contributed by atoms with Crippen LogP contribution < -0.4 is 0 Å². The lowest BCUT2D eigenvalue weighted by molar-refractivity contribution is 0.623. The van der Waals surface area contributed by atoms with E-state index in [4.69, 9.17) is 24.4 Å². The van der Waals surface area contributed by atoms with Gasteiger partial charge >= 0.3 is 0 Å². The highest BCUT2D eigenvalue weighted by molar-refractivity contribution is 6.15. The van der Waals surface area contributed by atoms with Crippen molar-refractivity contribution in [2.75, 3.05) is 0 Å². The highest BCUT2D eigenvalue weighted by Crippen LogP contribution is 2.41. The third-order valence-corrected chi connectivity index (χ3v) is 11.0. The second-order valence-corrected chi connectivity index (χ2v) is 14.6. The summed E-state index contributed by atoms with van der Waals surface area (Å²) in [6.07, 6.45) is 0. The van der Waals surface area contributed by atoms with Crippen molar-refractivity contribution < 1.29 is 4.42 Å². The molecule has 0 radical (unpaired) electrons. The van der Waals surface area contributed by atoms with Crippen LogP contribution in [0.25, 0.3) is 112 Å². The number of aromatic nitrogens is 4. The third kappa shape index (κ3) is 6.32. The van der Waals surface area contributed by atoms with Gasteiger partial charge in [-0.15, -0.1) is 0 Å². The van der Waals surface area contributed by atoms with E-state index in [0.29, 0.717) is 23.4 Å². The first-order chi connectivity index (χ1) is 29.2. The number of oxazole rings is 1. The predicted molar refractivity (Wildman–Crippen MR) is 240 cm³/mol. The van der Waals surface area contributed by atoms with Crippen molar-refractivity contribution in [3.05, 3.63) is 206 Å². The van der Waals surface area contributed by atoms with Gasteiger partial charge in [0, 0.05) is 27.6 Å². The number of benzene rings is 9. The molecular formula is C54H34N4O. The Kier molecular flexibility index (Phi) is 8.41. The summed E-state index contributed by atoms with van der Waals surface area (Å²) >= 11 is 0. The minimum Gasteiger partial charge on any atom is -0.435 e. The maximum atomic E-state index is 6.58. The Hall–Kier alpha value is -8.02. The van der Waals surface area contributed by atoms with Gasteiger partial charge in [-0.1, -0.05) is 176 Å². The zero-order chi connectivity index (χ0) is 39.1. The Morgan fingerprint density at radius 1 is 0.305 bits per heavy atom. The maximum absolute atomic E-state index is 6.58. The van der Waals surface area contributed by atoms with Crippen LogP contribution in [0.15, 0.2) is 211 Å². The van der Waals surface area contributed by atoms with Gasteiger partial charge in [0.2, 0.25) is 5.89 Å². The summed E-state index contributed by atoms with van der Waals surface area (Å²) in [6, 6.07) is 71.1. The molecule has 0 spiro atoms. The highest BCUT2D eigenvalue weighted by Gasteiger charge is 2.19. The van der Waals surface area contributed by atoms with Crippen molar-refractivity contribution in [2.45, 2.75) is 0 Å². The van der Waals surface area contributed by atoms with E-state index in [-0.39, 0.29) is 0 Å². The second-order valence-electron chi connectivity index (χ2n) is 14.6. The average Bonchev–Trinajstić information content (AvgIpc) is 3.77. The molecule has 0 aliphatic carbocycles. The number of rotatable bonds is 7. The molecule has 5 heteroatoms. The van der Waals surface area contributed by atoms with Crippen LogP contribution in [0.4, 0.5) is 0 Å². The first kappa shape index (κ1) is 34.2. The van der Waals surface area contributed by atoms with Crippen molar-refractivity contribution in [3.8, 4) is 79.0 Å². The van der Waals surface area contributed by atoms with Gasteiger partial charge in [-0.25, -0.2) is 19.9 Å². The molecule has 0 atom stereocenters. The van der Waals surface area contributed by atoms with Crippen LogP contribution in [0.3, 0.4) is 0 Å². The van der Waals surface area contributed by atoms with Crippen molar-refractivity contribution >= 4 is 32.6 Å². The summed E-state index contributed by atoms with van der Waals surface area (Å²) in [7, 11) is 0. The van der Waals surface area contributed by atoms with Crippen molar-refractivity contribution in [2.24, 2.45) is 0 Å². The molecule has 0 fully saturated rings. The number of hydrogen-bond donors (Lipinski definition) is 0. The number of hydrogen-bond acceptors (Lipinski definition) is 5. The first-order valence-corrected chi connectivity index (χ1v) is 19.7. The van der Waals surface area contributed by atoms with E-state index >= 15 is 0 Å². The molecule has 11 rings (SSSR count). The molecule has 2 heterocycles. The minimum absolute atomic E-state index is 0.603. The Bertz CT molecular complexity index is 3220. The van der Waals surface area contributed by atoms with Gasteiger partial charge < -0.3 is 4.42 Å². The van der Waals surface area contributed by atoms with Crippen LogP contribution in [0.2, 0.25) is 0 Å². The quantitative estimate of drug-likeness (QED) is 0.162. The van der Waals surface area contributed by atoms with E-state index in [1.54, 1.807) is 0 Å². The summed E-state index contributed by atoms with van der Waals surface area (Å²) in [5.74, 6) is 2.42. The smallest absolute Gasteiger partial charge is 0.227 e. The molecule has 0 saturated carbocycles. The van der Waals surface area contributed by atoms with E-state index in [1.807, 2.05) is 48.5 Å². The van der Waals surface area contributed by atoms with Gasteiger partial charge in [-0.3, -0.25) is 0 Å². The number of fused-ring (bicyclic) bond motifs is 4. The highest BCUT2D eigenvalue weighted by atomic mass is 16.3. The fraction of sp³-hybridized carbons (Fsp3) is 0. The summed E-state index contributed by atoms with van der Waals surface area (Å²) < 4.78 is 6.58. The molecule has 9 aromatic carbocycles. The molecule has 5 nitrogen and oxygen atoms in total. The molecule has 0 aliphatic rings. The van der Waals surface area contributed by atoms with Gasteiger partial charge in [0.05, 0.1) is 0 Å². The van der Waals surface area contributed by atoms with Gasteiger partial charge in [0.25, 0.3) is 0 Å². The standard InChI is InChI=1S/C54H34N4O/c1-4-15-35(16-5-1)39-22-10-24-41(33-39)51-56-52(42-25-11-23-40(34-42)36-17-6-2-7-18-36)58-53(57-51)47-30-14-26-43-44(27-13-28-45(43)47)46-29-12-21-37-31-32-48-50(49(37)46)59-54(55-48)38-19-8-3-9-20-38/h1-34H. The minimum atomic E-state index is 0.603. The lowest BCUT2D eigenvalue weighted by Crippen LogP contribution is -2.01. The molecule has 59 heavy (non-hydrogen) atoms. The van der Waals surface area contributed by atoms with Crippen molar-refractivity contribution in [1.29, 1.82) is 0 Å². The lowest BCUT2D eigenvalue weighted by atomic mass is 9.92. The van der Waals surface area contributed by atoms with E-state index in [9.17, 15) is 0 Å². The second kappa shape index (κ2) is 14.5. The van der Waals surface area contributed by atoms with Crippen LogP contribution in [0, 0.1) is 0 Å². The van der Waals surface area contributed by atoms with Crippen LogP contribution in [-0.2, 0) is 0 Å². The van der Waals surface area contributed by atoms with Crippen LogP contribution in [-0.4, -0.2) is 19.9 Å². The fourth-order valence-corrected chi connectivity index (χ4v) is 8.12. The normalized spacial score (nSPS) is 11.4. The maximum Gasteiger partial charge on any atom is 0.227 e. The Morgan fingerprint density at radius 3 is 1.41 bits per heavy atom. The van der Waals surface area contributed by atoms with E-state index < -0.39 is 0 Å². The van der Waals surface area contributed by atoms with E-state index in [0.717, 1.165) is 88.3 Å². The van der Waals surface area contributed by atoms with Gasteiger partial charge in [-0.05, 0) is 79.9 Å². The predicted octanol–water partition coefficient (Wildman–Crippen LogP) is 14.0. The van der Waals surface area contributed by atoms with E-state index in [2.05, 4.69) is 158 Å². The van der Waals surface area contributed by atoms with Crippen LogP contribution >= 0.6 is 0 Å². The first-order valence-electron chi connectivity index (χ1n) is 19.7. The zero-order valence-electron chi connectivity index (χ0n) is 31.8. The van der Waals surface area contributed by atoms with Crippen molar-refractivity contribution in [1.82, 2.24) is 19.9 Å². The summed E-state index contributed by atoms with van der Waals surface area (Å²) in [5, 5.41) is 4.23. The molecule has 11 aromatic rings. The van der Waals surface area contributed by atoms with Gasteiger partial charge in [0.1, 0.15) is 5.52 Å². The van der Waals surface area contributed by atoms with Crippen LogP contribution in [0.5, 0.6) is 0 Å². The molecule has 0 bridgehead atoms. The molecule has 0 amide bonds. The molecule has 0 N–H and O–H groups in total. The van der Waals surface area contributed by atoms with Crippen molar-refractivity contribution in [3.63, 3.8) is 0 Å². The average molecular weight is 755 g/mol. The molecule has 0 aliphatic heterocycles. The van der Waals surface area contributed by atoms with Gasteiger partial charge in [-0.2, -0.15) is 0 Å². The SMILES string of the molecule is c1ccc(-c2cccc(-c3nc(-c4cccc(-c5ccccc5)c4)nc(-c4cccc5c(-c6cccc7ccc8nc(-c9ccccc9)oc8c67)cccc45)n3)c2)cc1. The molecular weight excluding hydrogens is 721 g/mol. The number of nitrogens with zero attached hydrogens (tertiary/aromatic N) is 4. The Morgan fingerprint density at radius 2 is 0.780 bits per heavy atom. The van der Waals surface area contributed by atoms with E-state index in [1.165, 1.54) is 0 Å². The molecule has 2 aromatic heterocycles. The molecule has 0 unspecified atom stereocenters. The third-order valence-electron chi connectivity index (χ3n) is 11.0. The monoisotopic (exact) mass is 754 g/mol. The van der Waals surface area contributed by atoms with Gasteiger partial charge in [0.15, 0.2) is 23.1 Å². The molecule has 0 saturated heterocycles. The Balaban J connectivity index is 1.10. The fourth-order valence-electron chi connectivity index (χ4n) is 8.12. The molecule has 276 valence electrons. The van der Waals surface area contributed by atoms with Crippen LogP contribution in [0.1, 0.15) is 0 Å². The summed E-state index contributed by atoms with van der Waals surface area (Å²) in [6.45, 7) is 0. The lowest BCUT2D eigenvalue weighted by Gasteiger charge is -2.14. The summed E-state index contributed by atoms with van der Waals surface area (Å²) in [4.78, 5) is 20.6. The Labute approximate surface area is 341 Å². The zero-order valence-corrected chi connectivity index (χ0v) is 31.8. The summed E-state index contributed by atoms with van der Waals surface area (Å²) in [5.41, 5.74) is 11.9. The largest absolute Gasteiger partial charge is 0.435 e.